The van der Waals surface area contributed by atoms with Gasteiger partial charge in [0.05, 0.1) is 5.56 Å². The smallest absolute Gasteiger partial charge is 0.272 e. The van der Waals surface area contributed by atoms with Crippen molar-refractivity contribution in [2.75, 3.05) is 13.2 Å². The van der Waals surface area contributed by atoms with Crippen LogP contribution < -0.4 is 4.74 Å². The summed E-state index contributed by atoms with van der Waals surface area (Å²) in [4.78, 5) is 0. The van der Waals surface area contributed by atoms with Crippen LogP contribution in [0, 0.1) is 17.7 Å². The first-order chi connectivity index (χ1) is 7.63. The number of alkyl halides is 2. The van der Waals surface area contributed by atoms with Gasteiger partial charge in [0.15, 0.2) is 0 Å². The Hall–Kier alpha value is -1.67. The van der Waals surface area contributed by atoms with Crippen LogP contribution in [0.2, 0.25) is 0 Å². The Morgan fingerprint density at radius 1 is 1.38 bits per heavy atom. The van der Waals surface area contributed by atoms with Gasteiger partial charge in [-0.05, 0) is 18.2 Å². The number of aliphatic hydroxyl groups is 1. The van der Waals surface area contributed by atoms with Gasteiger partial charge in [-0.25, -0.2) is 13.2 Å². The van der Waals surface area contributed by atoms with Crippen molar-refractivity contribution >= 4 is 0 Å². The standard InChI is InChI=1S/C11H9F3O2/c12-9-3-4-10(16-7-11(13)14)8(6-9)2-1-5-15/h3-4,6,11,15H,5,7H2. The van der Waals surface area contributed by atoms with E-state index in [-0.39, 0.29) is 11.3 Å². The van der Waals surface area contributed by atoms with Crippen molar-refractivity contribution in [3.63, 3.8) is 0 Å². The fourth-order valence-electron chi connectivity index (χ4n) is 1.01. The second-order valence-corrected chi connectivity index (χ2v) is 2.80. The van der Waals surface area contributed by atoms with Crippen molar-refractivity contribution in [3.05, 3.63) is 29.6 Å². The molecule has 2 nitrogen and oxygen atoms in total. The normalized spacial score (nSPS) is 9.81. The molecule has 0 atom stereocenters. The molecule has 0 aliphatic heterocycles. The summed E-state index contributed by atoms with van der Waals surface area (Å²) in [5.41, 5.74) is 0.134. The van der Waals surface area contributed by atoms with Gasteiger partial charge in [-0.1, -0.05) is 11.8 Å². The van der Waals surface area contributed by atoms with Gasteiger partial charge < -0.3 is 9.84 Å². The highest BCUT2D eigenvalue weighted by molar-refractivity contribution is 5.46. The van der Waals surface area contributed by atoms with Crippen molar-refractivity contribution in [1.82, 2.24) is 0 Å². The average Bonchev–Trinajstić information content (AvgIpc) is 2.24. The van der Waals surface area contributed by atoms with Crippen molar-refractivity contribution < 1.29 is 23.0 Å². The number of ether oxygens (including phenoxy) is 1. The van der Waals surface area contributed by atoms with Crippen LogP contribution in [0.1, 0.15) is 5.56 Å². The summed E-state index contributed by atoms with van der Waals surface area (Å²) in [7, 11) is 0. The molecule has 0 fully saturated rings. The first kappa shape index (κ1) is 12.4. The topological polar surface area (TPSA) is 29.5 Å². The van der Waals surface area contributed by atoms with Crippen LogP contribution in [0.4, 0.5) is 13.2 Å². The highest BCUT2D eigenvalue weighted by atomic mass is 19.3. The van der Waals surface area contributed by atoms with E-state index in [0.29, 0.717) is 0 Å². The largest absolute Gasteiger partial charge is 0.486 e. The maximum atomic E-state index is 12.8. The first-order valence-electron chi connectivity index (χ1n) is 4.43. The lowest BCUT2D eigenvalue weighted by Gasteiger charge is -2.07. The minimum atomic E-state index is -2.61. The molecule has 86 valence electrons. The van der Waals surface area contributed by atoms with Crippen molar-refractivity contribution in [2.45, 2.75) is 6.43 Å². The minimum absolute atomic E-state index is 0.0719. The van der Waals surface area contributed by atoms with E-state index in [1.165, 1.54) is 6.07 Å². The van der Waals surface area contributed by atoms with Crippen LogP contribution in [0.5, 0.6) is 5.75 Å². The quantitative estimate of drug-likeness (QED) is 0.802. The molecule has 1 aromatic rings. The number of rotatable bonds is 3. The Morgan fingerprint density at radius 3 is 2.75 bits per heavy atom. The average molecular weight is 230 g/mol. The Morgan fingerprint density at radius 2 is 2.12 bits per heavy atom. The predicted octanol–water partition coefficient (Wildman–Crippen LogP) is 1.81. The van der Waals surface area contributed by atoms with E-state index in [4.69, 9.17) is 9.84 Å². The molecule has 0 radical (unpaired) electrons. The van der Waals surface area contributed by atoms with Crippen LogP contribution in [0.25, 0.3) is 0 Å². The highest BCUT2D eigenvalue weighted by Crippen LogP contribution is 2.19. The van der Waals surface area contributed by atoms with Gasteiger partial charge in [0.2, 0.25) is 0 Å². The Kier molecular flexibility index (Phi) is 4.67. The molecule has 0 aliphatic rings. The molecule has 1 N–H and O–H groups in total. The molecule has 0 unspecified atom stereocenters. The van der Waals surface area contributed by atoms with E-state index in [0.717, 1.165) is 12.1 Å². The highest BCUT2D eigenvalue weighted by Gasteiger charge is 2.07. The fraction of sp³-hybridized carbons (Fsp3) is 0.273. The summed E-state index contributed by atoms with van der Waals surface area (Å²) in [6, 6.07) is 3.37. The van der Waals surface area contributed by atoms with E-state index in [1.54, 1.807) is 0 Å². The predicted molar refractivity (Wildman–Crippen MR) is 51.9 cm³/mol. The van der Waals surface area contributed by atoms with Crippen molar-refractivity contribution in [1.29, 1.82) is 0 Å². The molecule has 16 heavy (non-hydrogen) atoms. The number of hydrogen-bond donors (Lipinski definition) is 1. The molecule has 1 aromatic carbocycles. The van der Waals surface area contributed by atoms with E-state index in [2.05, 4.69) is 11.8 Å². The fourth-order valence-corrected chi connectivity index (χ4v) is 1.01. The van der Waals surface area contributed by atoms with Crippen molar-refractivity contribution in [2.24, 2.45) is 0 Å². The maximum Gasteiger partial charge on any atom is 0.272 e. The second-order valence-electron chi connectivity index (χ2n) is 2.80. The third-order valence-electron chi connectivity index (χ3n) is 1.61. The SMILES string of the molecule is OCC#Cc1cc(F)ccc1OCC(F)F. The van der Waals surface area contributed by atoms with E-state index < -0.39 is 25.5 Å². The Labute approximate surface area is 90.7 Å². The molecule has 0 spiro atoms. The van der Waals surface area contributed by atoms with Crippen LogP contribution in [-0.2, 0) is 0 Å². The molecule has 0 saturated heterocycles. The van der Waals surface area contributed by atoms with E-state index in [9.17, 15) is 13.2 Å². The van der Waals surface area contributed by atoms with Gasteiger partial charge in [-0.3, -0.25) is 0 Å². The molecule has 0 heterocycles. The molecule has 0 aliphatic carbocycles. The van der Waals surface area contributed by atoms with E-state index >= 15 is 0 Å². The summed E-state index contributed by atoms with van der Waals surface area (Å²) in [5, 5.41) is 8.48. The molecule has 1 rings (SSSR count). The minimum Gasteiger partial charge on any atom is -0.486 e. The summed E-state index contributed by atoms with van der Waals surface area (Å²) in [6.07, 6.45) is -2.61. The molecule has 0 amide bonds. The summed E-state index contributed by atoms with van der Waals surface area (Å²) >= 11 is 0. The van der Waals surface area contributed by atoms with Crippen LogP contribution in [0.3, 0.4) is 0 Å². The first-order valence-corrected chi connectivity index (χ1v) is 4.43. The zero-order valence-corrected chi connectivity index (χ0v) is 8.21. The van der Waals surface area contributed by atoms with Gasteiger partial charge in [0, 0.05) is 0 Å². The van der Waals surface area contributed by atoms with Gasteiger partial charge in [-0.2, -0.15) is 0 Å². The molecular formula is C11H9F3O2. The molecule has 5 heteroatoms. The zero-order chi connectivity index (χ0) is 12.0. The second kappa shape index (κ2) is 6.03. The number of benzene rings is 1. The molecule has 0 saturated carbocycles. The summed E-state index contributed by atoms with van der Waals surface area (Å²) in [5.74, 6) is 4.23. The van der Waals surface area contributed by atoms with Gasteiger partial charge in [-0.15, -0.1) is 0 Å². The monoisotopic (exact) mass is 230 g/mol. The zero-order valence-electron chi connectivity index (χ0n) is 8.21. The van der Waals surface area contributed by atoms with Crippen LogP contribution >= 0.6 is 0 Å². The number of hydrogen-bond acceptors (Lipinski definition) is 2. The molecule has 0 bridgehead atoms. The van der Waals surface area contributed by atoms with Gasteiger partial charge in [0.1, 0.15) is 24.8 Å². The maximum absolute atomic E-state index is 12.8. The Balaban J connectivity index is 2.89. The van der Waals surface area contributed by atoms with Gasteiger partial charge >= 0.3 is 0 Å². The number of aliphatic hydroxyl groups excluding tert-OH is 1. The third-order valence-corrected chi connectivity index (χ3v) is 1.61. The summed E-state index contributed by atoms with van der Waals surface area (Å²) < 4.78 is 41.4. The summed E-state index contributed by atoms with van der Waals surface area (Å²) in [6.45, 7) is -1.18. The lowest BCUT2D eigenvalue weighted by molar-refractivity contribution is 0.0817. The molecular weight excluding hydrogens is 221 g/mol. The van der Waals surface area contributed by atoms with Gasteiger partial charge in [0.25, 0.3) is 6.43 Å². The number of halogens is 3. The molecule has 0 aromatic heterocycles. The lowest BCUT2D eigenvalue weighted by Crippen LogP contribution is -2.08. The van der Waals surface area contributed by atoms with Crippen molar-refractivity contribution in [3.8, 4) is 17.6 Å². The Bertz CT molecular complexity index is 407. The van der Waals surface area contributed by atoms with E-state index in [1.807, 2.05) is 0 Å². The third kappa shape index (κ3) is 3.83. The lowest BCUT2D eigenvalue weighted by atomic mass is 10.2. The van der Waals surface area contributed by atoms with Crippen LogP contribution in [0.15, 0.2) is 18.2 Å². The van der Waals surface area contributed by atoms with Crippen LogP contribution in [-0.4, -0.2) is 24.7 Å².